The van der Waals surface area contributed by atoms with Crippen molar-refractivity contribution in [1.82, 2.24) is 0 Å². The quantitative estimate of drug-likeness (QED) is 0.597. The van der Waals surface area contributed by atoms with Gasteiger partial charge in [0.25, 0.3) is 5.70 Å². The Morgan fingerprint density at radius 2 is 2.06 bits per heavy atom. The average molecular weight is 306 g/mol. The maximum absolute atomic E-state index is 10.8. The normalized spacial score (nSPS) is 13.7. The molecule has 5 heteroatoms. The molecule has 18 heavy (non-hydrogen) atoms. The van der Waals surface area contributed by atoms with E-state index in [1.54, 1.807) is 6.08 Å². The molecule has 1 heterocycles. The SMILES string of the molecule is O=[N+]([O-])C1=Cc2c(ccc3ccc(Br)cc23)OC1. The van der Waals surface area contributed by atoms with Gasteiger partial charge in [-0.05, 0) is 29.0 Å². The first-order valence-electron chi connectivity index (χ1n) is 5.35. The topological polar surface area (TPSA) is 52.4 Å². The molecular weight excluding hydrogens is 298 g/mol. The Morgan fingerprint density at radius 3 is 2.83 bits per heavy atom. The van der Waals surface area contributed by atoms with Gasteiger partial charge in [0.15, 0.2) is 6.61 Å². The Balaban J connectivity index is 2.31. The van der Waals surface area contributed by atoms with Crippen molar-refractivity contribution in [3.05, 3.63) is 56.2 Å². The molecule has 0 N–H and O–H groups in total. The largest absolute Gasteiger partial charge is 0.482 e. The van der Waals surface area contributed by atoms with Crippen LogP contribution in [-0.2, 0) is 0 Å². The number of hydrogen-bond donors (Lipinski definition) is 0. The van der Waals surface area contributed by atoms with Crippen LogP contribution >= 0.6 is 15.9 Å². The summed E-state index contributed by atoms with van der Waals surface area (Å²) in [5.74, 6) is 0.686. The Morgan fingerprint density at radius 1 is 1.28 bits per heavy atom. The molecule has 0 fully saturated rings. The zero-order valence-electron chi connectivity index (χ0n) is 9.22. The lowest BCUT2D eigenvalue weighted by molar-refractivity contribution is -0.427. The van der Waals surface area contributed by atoms with Crippen LogP contribution < -0.4 is 4.74 Å². The summed E-state index contributed by atoms with van der Waals surface area (Å²) in [6, 6.07) is 9.64. The zero-order chi connectivity index (χ0) is 12.7. The van der Waals surface area contributed by atoms with Crippen LogP contribution in [0.15, 0.2) is 40.5 Å². The number of nitrogens with zero attached hydrogens (tertiary/aromatic N) is 1. The van der Waals surface area contributed by atoms with Crippen molar-refractivity contribution in [2.45, 2.75) is 0 Å². The summed E-state index contributed by atoms with van der Waals surface area (Å²) in [6.07, 6.45) is 1.59. The molecule has 0 bridgehead atoms. The number of benzene rings is 2. The van der Waals surface area contributed by atoms with Gasteiger partial charge in [0, 0.05) is 16.1 Å². The molecule has 0 aliphatic carbocycles. The first-order chi connectivity index (χ1) is 8.65. The van der Waals surface area contributed by atoms with Crippen LogP contribution in [-0.4, -0.2) is 11.5 Å². The fourth-order valence-corrected chi connectivity index (χ4v) is 2.40. The van der Waals surface area contributed by atoms with Crippen molar-refractivity contribution in [3.8, 4) is 5.75 Å². The monoisotopic (exact) mass is 305 g/mol. The lowest BCUT2D eigenvalue weighted by atomic mass is 10.0. The van der Waals surface area contributed by atoms with E-state index in [0.29, 0.717) is 5.75 Å². The van der Waals surface area contributed by atoms with E-state index in [-0.39, 0.29) is 12.3 Å². The van der Waals surface area contributed by atoms with Crippen molar-refractivity contribution < 1.29 is 9.66 Å². The molecule has 0 saturated heterocycles. The molecule has 1 aliphatic rings. The highest BCUT2D eigenvalue weighted by molar-refractivity contribution is 9.10. The fraction of sp³-hybridized carbons (Fsp3) is 0.0769. The summed E-state index contributed by atoms with van der Waals surface area (Å²) in [5.41, 5.74) is 0.849. The van der Waals surface area contributed by atoms with Crippen LogP contribution in [0.2, 0.25) is 0 Å². The van der Waals surface area contributed by atoms with E-state index in [4.69, 9.17) is 4.74 Å². The van der Waals surface area contributed by atoms with E-state index in [0.717, 1.165) is 20.8 Å². The molecule has 0 amide bonds. The molecule has 90 valence electrons. The van der Waals surface area contributed by atoms with Gasteiger partial charge in [0.2, 0.25) is 0 Å². The van der Waals surface area contributed by atoms with Crippen LogP contribution in [0.5, 0.6) is 5.75 Å². The van der Waals surface area contributed by atoms with Crippen molar-refractivity contribution in [2.24, 2.45) is 0 Å². The molecule has 0 spiro atoms. The van der Waals surface area contributed by atoms with E-state index < -0.39 is 4.92 Å². The number of halogens is 1. The smallest absolute Gasteiger partial charge is 0.284 e. The minimum atomic E-state index is -0.403. The number of fused-ring (bicyclic) bond motifs is 3. The second-order valence-corrected chi connectivity index (χ2v) is 4.94. The molecule has 3 rings (SSSR count). The Kier molecular flexibility index (Phi) is 2.56. The minimum Gasteiger partial charge on any atom is -0.482 e. The molecule has 0 aromatic heterocycles. The molecule has 0 saturated carbocycles. The van der Waals surface area contributed by atoms with Gasteiger partial charge in [0.1, 0.15) is 5.75 Å². The van der Waals surface area contributed by atoms with Gasteiger partial charge >= 0.3 is 0 Å². The molecule has 2 aromatic rings. The highest BCUT2D eigenvalue weighted by Gasteiger charge is 2.21. The second-order valence-electron chi connectivity index (χ2n) is 4.02. The van der Waals surface area contributed by atoms with Crippen LogP contribution in [0.25, 0.3) is 16.8 Å². The summed E-state index contributed by atoms with van der Waals surface area (Å²) in [4.78, 5) is 10.4. The predicted molar refractivity (Wildman–Crippen MR) is 72.1 cm³/mol. The second kappa shape index (κ2) is 4.10. The van der Waals surface area contributed by atoms with Crippen LogP contribution in [0.3, 0.4) is 0 Å². The fourth-order valence-electron chi connectivity index (χ4n) is 2.04. The molecular formula is C13H8BrNO3. The van der Waals surface area contributed by atoms with Crippen molar-refractivity contribution >= 4 is 32.8 Å². The predicted octanol–water partition coefficient (Wildman–Crippen LogP) is 3.61. The first kappa shape index (κ1) is 11.2. The summed E-state index contributed by atoms with van der Waals surface area (Å²) < 4.78 is 6.36. The van der Waals surface area contributed by atoms with Gasteiger partial charge in [-0.15, -0.1) is 0 Å². The summed E-state index contributed by atoms with van der Waals surface area (Å²) in [7, 11) is 0. The van der Waals surface area contributed by atoms with E-state index in [1.807, 2.05) is 30.3 Å². The summed E-state index contributed by atoms with van der Waals surface area (Å²) >= 11 is 3.41. The van der Waals surface area contributed by atoms with Gasteiger partial charge < -0.3 is 4.74 Å². The Labute approximate surface area is 111 Å². The van der Waals surface area contributed by atoms with Crippen molar-refractivity contribution in [1.29, 1.82) is 0 Å². The highest BCUT2D eigenvalue weighted by atomic mass is 79.9. The van der Waals surface area contributed by atoms with Crippen LogP contribution in [0, 0.1) is 10.1 Å². The van der Waals surface area contributed by atoms with E-state index in [2.05, 4.69) is 15.9 Å². The first-order valence-corrected chi connectivity index (χ1v) is 6.14. The van der Waals surface area contributed by atoms with Gasteiger partial charge in [-0.3, -0.25) is 10.1 Å². The lowest BCUT2D eigenvalue weighted by Crippen LogP contribution is -2.13. The van der Waals surface area contributed by atoms with Crippen LogP contribution in [0.1, 0.15) is 5.56 Å². The van der Waals surface area contributed by atoms with Crippen molar-refractivity contribution in [2.75, 3.05) is 6.61 Å². The summed E-state index contributed by atoms with van der Waals surface area (Å²) in [5, 5.41) is 12.8. The average Bonchev–Trinajstić information content (AvgIpc) is 2.37. The molecule has 0 radical (unpaired) electrons. The molecule has 0 atom stereocenters. The standard InChI is InChI=1S/C13H8BrNO3/c14-9-3-1-8-2-4-13-12(11(8)5-9)6-10(7-18-13)15(16)17/h1-6H,7H2. The molecule has 2 aromatic carbocycles. The van der Waals surface area contributed by atoms with E-state index in [9.17, 15) is 10.1 Å². The van der Waals surface area contributed by atoms with E-state index >= 15 is 0 Å². The maximum Gasteiger partial charge on any atom is 0.284 e. The van der Waals surface area contributed by atoms with Gasteiger partial charge in [-0.2, -0.15) is 0 Å². The minimum absolute atomic E-state index is 0.0134. The molecule has 4 nitrogen and oxygen atoms in total. The van der Waals surface area contributed by atoms with Crippen molar-refractivity contribution in [3.63, 3.8) is 0 Å². The maximum atomic E-state index is 10.8. The zero-order valence-corrected chi connectivity index (χ0v) is 10.8. The molecule has 1 aliphatic heterocycles. The number of hydrogen-bond acceptors (Lipinski definition) is 3. The summed E-state index contributed by atoms with van der Waals surface area (Å²) in [6.45, 7) is 0.0134. The third kappa shape index (κ3) is 1.76. The Hall–Kier alpha value is -1.88. The van der Waals surface area contributed by atoms with Crippen LogP contribution in [0.4, 0.5) is 0 Å². The molecule has 0 unspecified atom stereocenters. The van der Waals surface area contributed by atoms with Gasteiger partial charge in [-0.25, -0.2) is 0 Å². The Bertz CT molecular complexity index is 694. The highest BCUT2D eigenvalue weighted by Crippen LogP contribution is 2.34. The van der Waals surface area contributed by atoms with Gasteiger partial charge in [0.05, 0.1) is 4.92 Å². The lowest BCUT2D eigenvalue weighted by Gasteiger charge is -2.15. The number of ether oxygens (including phenoxy) is 1. The van der Waals surface area contributed by atoms with E-state index in [1.165, 1.54) is 0 Å². The third-order valence-electron chi connectivity index (χ3n) is 2.91. The third-order valence-corrected chi connectivity index (χ3v) is 3.40. The van der Waals surface area contributed by atoms with Gasteiger partial charge in [-0.1, -0.05) is 28.1 Å². The number of rotatable bonds is 1. The number of nitro groups is 1.